The third kappa shape index (κ3) is 6.55. The molecule has 0 heterocycles. The second kappa shape index (κ2) is 10.3. The Morgan fingerprint density at radius 2 is 1.96 bits per heavy atom. The van der Waals surface area contributed by atoms with Gasteiger partial charge in [-0.1, -0.05) is 25.3 Å². The van der Waals surface area contributed by atoms with Crippen molar-refractivity contribution in [3.8, 4) is 5.75 Å². The number of esters is 1. The van der Waals surface area contributed by atoms with Crippen LogP contribution in [0.25, 0.3) is 0 Å². The average Bonchev–Trinajstić information content (AvgIpc) is 2.60. The number of carbonyl (C=O) groups excluding carboxylic acids is 2. The van der Waals surface area contributed by atoms with Gasteiger partial charge in [0.2, 0.25) is 5.91 Å². The summed E-state index contributed by atoms with van der Waals surface area (Å²) in [5, 5.41) is 2.90. The van der Waals surface area contributed by atoms with E-state index >= 15 is 0 Å². The van der Waals surface area contributed by atoms with Crippen molar-refractivity contribution >= 4 is 30.0 Å². The molecule has 1 amide bonds. The standard InChI is InChI=1S/C18H26N2O4.ClH/c1-23-17(22)12-24-15-7-5-6-14(10-15)20-16(21)11-18(13-19)8-3-2-4-9-18;/h5-7,10H,2-4,8-9,11-13,19H2,1H3,(H,20,21);1H. The number of rotatable bonds is 7. The second-order valence-corrected chi connectivity index (χ2v) is 6.38. The van der Waals surface area contributed by atoms with Crippen LogP contribution in [0.4, 0.5) is 5.69 Å². The molecule has 0 aliphatic heterocycles. The van der Waals surface area contributed by atoms with Crippen LogP contribution in [-0.2, 0) is 14.3 Å². The Kier molecular flexibility index (Phi) is 8.72. The summed E-state index contributed by atoms with van der Waals surface area (Å²) in [7, 11) is 1.31. The normalized spacial score (nSPS) is 15.6. The van der Waals surface area contributed by atoms with Crippen molar-refractivity contribution in [3.63, 3.8) is 0 Å². The van der Waals surface area contributed by atoms with Crippen LogP contribution in [0.15, 0.2) is 24.3 Å². The lowest BCUT2D eigenvalue weighted by Crippen LogP contribution is -2.36. The third-order valence-electron chi connectivity index (χ3n) is 4.58. The average molecular weight is 371 g/mol. The van der Waals surface area contributed by atoms with Gasteiger partial charge in [-0.05, 0) is 36.9 Å². The largest absolute Gasteiger partial charge is 0.482 e. The minimum atomic E-state index is -0.452. The molecule has 1 fully saturated rings. The van der Waals surface area contributed by atoms with Crippen LogP contribution in [0.5, 0.6) is 5.75 Å². The predicted octanol–water partition coefficient (Wildman–Crippen LogP) is 2.90. The summed E-state index contributed by atoms with van der Waals surface area (Å²) < 4.78 is 9.86. The van der Waals surface area contributed by atoms with Gasteiger partial charge in [0.05, 0.1) is 7.11 Å². The molecule has 0 radical (unpaired) electrons. The molecule has 0 spiro atoms. The summed E-state index contributed by atoms with van der Waals surface area (Å²) in [6.45, 7) is 0.382. The third-order valence-corrected chi connectivity index (χ3v) is 4.58. The molecule has 1 saturated carbocycles. The first-order valence-electron chi connectivity index (χ1n) is 8.36. The van der Waals surface area contributed by atoms with Crippen molar-refractivity contribution in [1.29, 1.82) is 0 Å². The molecule has 0 unspecified atom stereocenters. The predicted molar refractivity (Wildman–Crippen MR) is 99.0 cm³/mol. The van der Waals surface area contributed by atoms with E-state index in [0.717, 1.165) is 25.7 Å². The Bertz CT molecular complexity index is 574. The number of hydrogen-bond acceptors (Lipinski definition) is 5. The van der Waals surface area contributed by atoms with Gasteiger partial charge in [-0.3, -0.25) is 4.79 Å². The minimum Gasteiger partial charge on any atom is -0.482 e. The number of nitrogens with two attached hydrogens (primary N) is 1. The minimum absolute atomic E-state index is 0. The first-order chi connectivity index (χ1) is 11.6. The summed E-state index contributed by atoms with van der Waals surface area (Å²) in [6.07, 6.45) is 5.97. The Morgan fingerprint density at radius 3 is 2.60 bits per heavy atom. The maximum absolute atomic E-state index is 12.4. The van der Waals surface area contributed by atoms with E-state index < -0.39 is 5.97 Å². The molecule has 0 saturated heterocycles. The van der Waals surface area contributed by atoms with E-state index in [9.17, 15) is 9.59 Å². The maximum atomic E-state index is 12.4. The molecule has 6 nitrogen and oxygen atoms in total. The number of amides is 1. The van der Waals surface area contributed by atoms with Gasteiger partial charge in [0.25, 0.3) is 0 Å². The number of benzene rings is 1. The van der Waals surface area contributed by atoms with E-state index in [1.54, 1.807) is 24.3 Å². The molecular formula is C18H27ClN2O4. The molecular weight excluding hydrogens is 344 g/mol. The molecule has 1 aliphatic rings. The molecule has 0 bridgehead atoms. The van der Waals surface area contributed by atoms with Crippen molar-refractivity contribution in [1.82, 2.24) is 0 Å². The highest BCUT2D eigenvalue weighted by Crippen LogP contribution is 2.38. The van der Waals surface area contributed by atoms with Crippen molar-refractivity contribution in [2.24, 2.45) is 11.1 Å². The number of methoxy groups -OCH3 is 1. The van der Waals surface area contributed by atoms with Crippen LogP contribution < -0.4 is 15.8 Å². The van der Waals surface area contributed by atoms with Gasteiger partial charge in [-0.25, -0.2) is 4.79 Å². The highest BCUT2D eigenvalue weighted by atomic mass is 35.5. The fourth-order valence-corrected chi connectivity index (χ4v) is 3.17. The van der Waals surface area contributed by atoms with Crippen LogP contribution in [-0.4, -0.2) is 32.1 Å². The Morgan fingerprint density at radius 1 is 1.24 bits per heavy atom. The van der Waals surface area contributed by atoms with Crippen molar-refractivity contribution in [2.45, 2.75) is 38.5 Å². The van der Waals surface area contributed by atoms with Crippen LogP contribution in [0.1, 0.15) is 38.5 Å². The summed E-state index contributed by atoms with van der Waals surface area (Å²) in [5.74, 6) is 0.0171. The number of anilines is 1. The summed E-state index contributed by atoms with van der Waals surface area (Å²) in [5.41, 5.74) is 6.52. The number of halogens is 1. The van der Waals surface area contributed by atoms with E-state index in [4.69, 9.17) is 10.5 Å². The van der Waals surface area contributed by atoms with E-state index in [0.29, 0.717) is 24.4 Å². The maximum Gasteiger partial charge on any atom is 0.343 e. The molecule has 1 aromatic carbocycles. The Balaban J connectivity index is 0.00000312. The van der Waals surface area contributed by atoms with Crippen molar-refractivity contribution in [3.05, 3.63) is 24.3 Å². The van der Waals surface area contributed by atoms with E-state index in [1.165, 1.54) is 13.5 Å². The molecule has 0 atom stereocenters. The van der Waals surface area contributed by atoms with Gasteiger partial charge in [-0.15, -0.1) is 12.4 Å². The van der Waals surface area contributed by atoms with Gasteiger partial charge in [0, 0.05) is 18.2 Å². The fourth-order valence-electron chi connectivity index (χ4n) is 3.17. The number of carbonyl (C=O) groups is 2. The van der Waals surface area contributed by atoms with Crippen molar-refractivity contribution < 1.29 is 19.1 Å². The van der Waals surface area contributed by atoms with Gasteiger partial charge >= 0.3 is 5.97 Å². The van der Waals surface area contributed by atoms with E-state index in [1.807, 2.05) is 0 Å². The van der Waals surface area contributed by atoms with Crippen LogP contribution in [0, 0.1) is 5.41 Å². The van der Waals surface area contributed by atoms with E-state index in [-0.39, 0.29) is 30.3 Å². The lowest BCUT2D eigenvalue weighted by molar-refractivity contribution is -0.142. The van der Waals surface area contributed by atoms with Crippen LogP contribution in [0.3, 0.4) is 0 Å². The van der Waals surface area contributed by atoms with Gasteiger partial charge in [0.15, 0.2) is 6.61 Å². The van der Waals surface area contributed by atoms with Gasteiger partial charge < -0.3 is 20.5 Å². The van der Waals surface area contributed by atoms with Crippen LogP contribution >= 0.6 is 12.4 Å². The first kappa shape index (κ1) is 21.3. The Labute approximate surface area is 154 Å². The highest BCUT2D eigenvalue weighted by Gasteiger charge is 2.32. The zero-order chi connectivity index (χ0) is 17.4. The molecule has 1 aliphatic carbocycles. The molecule has 2 rings (SSSR count). The number of hydrogen-bond donors (Lipinski definition) is 2. The summed E-state index contributed by atoms with van der Waals surface area (Å²) >= 11 is 0. The molecule has 1 aromatic rings. The molecule has 25 heavy (non-hydrogen) atoms. The SMILES string of the molecule is COC(=O)COc1cccc(NC(=O)CC2(CN)CCCCC2)c1.Cl. The highest BCUT2D eigenvalue weighted by molar-refractivity contribution is 5.91. The topological polar surface area (TPSA) is 90.6 Å². The molecule has 3 N–H and O–H groups in total. The molecule has 140 valence electrons. The van der Waals surface area contributed by atoms with Gasteiger partial charge in [-0.2, -0.15) is 0 Å². The van der Waals surface area contributed by atoms with Crippen molar-refractivity contribution in [2.75, 3.05) is 25.6 Å². The zero-order valence-electron chi connectivity index (χ0n) is 14.6. The van der Waals surface area contributed by atoms with Gasteiger partial charge in [0.1, 0.15) is 5.75 Å². The quantitative estimate of drug-likeness (QED) is 0.720. The lowest BCUT2D eigenvalue weighted by atomic mass is 9.71. The first-order valence-corrected chi connectivity index (χ1v) is 8.36. The number of nitrogens with one attached hydrogen (secondary N) is 1. The number of ether oxygens (including phenoxy) is 2. The summed E-state index contributed by atoms with van der Waals surface area (Å²) in [4.78, 5) is 23.5. The fraction of sp³-hybridized carbons (Fsp3) is 0.556. The van der Waals surface area contributed by atoms with E-state index in [2.05, 4.69) is 10.1 Å². The zero-order valence-corrected chi connectivity index (χ0v) is 15.4. The summed E-state index contributed by atoms with van der Waals surface area (Å²) in [6, 6.07) is 6.97. The molecule has 7 heteroatoms. The smallest absolute Gasteiger partial charge is 0.343 e. The van der Waals surface area contributed by atoms with Crippen LogP contribution in [0.2, 0.25) is 0 Å². The molecule has 0 aromatic heterocycles. The Hall–Kier alpha value is -1.79. The monoisotopic (exact) mass is 370 g/mol. The lowest BCUT2D eigenvalue weighted by Gasteiger charge is -2.35. The second-order valence-electron chi connectivity index (χ2n) is 6.38.